The number of benzene rings is 1. The van der Waals surface area contributed by atoms with Crippen molar-refractivity contribution in [2.24, 2.45) is 5.73 Å². The van der Waals surface area contributed by atoms with E-state index in [9.17, 15) is 9.59 Å². The summed E-state index contributed by atoms with van der Waals surface area (Å²) in [4.78, 5) is 31.3. The highest BCUT2D eigenvalue weighted by Crippen LogP contribution is 2.31. The number of carbonyl (C=O) groups is 2. The second kappa shape index (κ2) is 7.14. The molecule has 2 N–H and O–H groups in total. The highest BCUT2D eigenvalue weighted by molar-refractivity contribution is 7.98. The molecular formula is C16H13N3O4S. The summed E-state index contributed by atoms with van der Waals surface area (Å²) in [6.45, 7) is -0.496. The van der Waals surface area contributed by atoms with Crippen LogP contribution in [0.5, 0.6) is 0 Å². The van der Waals surface area contributed by atoms with Gasteiger partial charge in [-0.25, -0.2) is 14.8 Å². The van der Waals surface area contributed by atoms with Gasteiger partial charge in [0, 0.05) is 29.1 Å². The predicted molar refractivity (Wildman–Crippen MR) is 87.3 cm³/mol. The average molecular weight is 343 g/mol. The number of nitrogens with zero attached hydrogens (tertiary/aromatic N) is 2. The van der Waals surface area contributed by atoms with Crippen LogP contribution in [0, 0.1) is 0 Å². The van der Waals surface area contributed by atoms with Crippen LogP contribution < -0.4 is 5.73 Å². The molecule has 0 aliphatic carbocycles. The lowest BCUT2D eigenvalue weighted by atomic mass is 10.1. The Labute approximate surface area is 141 Å². The summed E-state index contributed by atoms with van der Waals surface area (Å²) in [5.74, 6) is -0.981. The van der Waals surface area contributed by atoms with E-state index < -0.39 is 18.5 Å². The number of hydrogen-bond donors (Lipinski definition) is 1. The number of esters is 1. The van der Waals surface area contributed by atoms with Gasteiger partial charge in [0.1, 0.15) is 5.58 Å². The van der Waals surface area contributed by atoms with Crippen LogP contribution in [0.15, 0.2) is 52.3 Å². The van der Waals surface area contributed by atoms with Crippen molar-refractivity contribution in [3.8, 4) is 0 Å². The monoisotopic (exact) mass is 343 g/mol. The van der Waals surface area contributed by atoms with Gasteiger partial charge in [-0.2, -0.15) is 0 Å². The number of aromatic nitrogens is 2. The van der Waals surface area contributed by atoms with Crippen molar-refractivity contribution < 1.29 is 18.7 Å². The number of thioether (sulfide) groups is 1. The Morgan fingerprint density at radius 2 is 1.92 bits per heavy atom. The molecule has 3 aromatic rings. The Bertz CT molecular complexity index is 879. The van der Waals surface area contributed by atoms with Gasteiger partial charge in [0.15, 0.2) is 11.8 Å². The molecule has 0 spiro atoms. The minimum absolute atomic E-state index is 0.0564. The number of rotatable bonds is 6. The quantitative estimate of drug-likeness (QED) is 0.415. The third kappa shape index (κ3) is 3.54. The molecule has 0 fully saturated rings. The normalized spacial score (nSPS) is 10.7. The highest BCUT2D eigenvalue weighted by Gasteiger charge is 2.22. The number of hydrogen-bond acceptors (Lipinski definition) is 7. The maximum atomic E-state index is 12.2. The van der Waals surface area contributed by atoms with Crippen molar-refractivity contribution in [1.29, 1.82) is 0 Å². The van der Waals surface area contributed by atoms with Crippen molar-refractivity contribution >= 4 is 34.6 Å². The second-order valence-corrected chi connectivity index (χ2v) is 5.71. The molecule has 0 saturated heterocycles. The molecule has 2 aromatic heterocycles. The fourth-order valence-corrected chi connectivity index (χ4v) is 2.94. The van der Waals surface area contributed by atoms with E-state index in [2.05, 4.69) is 9.97 Å². The molecule has 8 heteroatoms. The van der Waals surface area contributed by atoms with Crippen LogP contribution in [0.1, 0.15) is 16.1 Å². The van der Waals surface area contributed by atoms with Crippen molar-refractivity contribution in [3.63, 3.8) is 0 Å². The van der Waals surface area contributed by atoms with Crippen molar-refractivity contribution in [2.45, 2.75) is 10.9 Å². The zero-order chi connectivity index (χ0) is 16.9. The van der Waals surface area contributed by atoms with Gasteiger partial charge in [0.25, 0.3) is 5.91 Å². The molecule has 0 saturated carbocycles. The number of ether oxygens (including phenoxy) is 1. The number of para-hydroxylation sites is 1. The van der Waals surface area contributed by atoms with E-state index >= 15 is 0 Å². The molecule has 3 rings (SSSR count). The molecule has 24 heavy (non-hydrogen) atoms. The third-order valence-electron chi connectivity index (χ3n) is 3.12. The number of amides is 1. The molecule has 0 atom stereocenters. The molecule has 0 bridgehead atoms. The fourth-order valence-electron chi connectivity index (χ4n) is 2.11. The minimum atomic E-state index is -0.729. The first-order valence-corrected chi connectivity index (χ1v) is 7.99. The summed E-state index contributed by atoms with van der Waals surface area (Å²) >= 11 is 1.37. The Morgan fingerprint density at radius 3 is 2.67 bits per heavy atom. The SMILES string of the molecule is NC(=O)COC(=O)c1oc2ccccc2c1CSc1ncccn1. The van der Waals surface area contributed by atoms with Crippen LogP contribution in [-0.4, -0.2) is 28.5 Å². The first kappa shape index (κ1) is 16.0. The van der Waals surface area contributed by atoms with Gasteiger partial charge in [-0.1, -0.05) is 30.0 Å². The van der Waals surface area contributed by atoms with Crippen molar-refractivity contribution in [3.05, 3.63) is 54.0 Å². The topological polar surface area (TPSA) is 108 Å². The van der Waals surface area contributed by atoms with E-state index in [0.717, 1.165) is 5.39 Å². The van der Waals surface area contributed by atoms with E-state index in [4.69, 9.17) is 14.9 Å². The molecule has 1 aromatic carbocycles. The molecule has 0 unspecified atom stereocenters. The van der Waals surface area contributed by atoms with Crippen LogP contribution in [-0.2, 0) is 15.3 Å². The molecule has 7 nitrogen and oxygen atoms in total. The zero-order valence-corrected chi connectivity index (χ0v) is 13.3. The van der Waals surface area contributed by atoms with E-state index in [1.54, 1.807) is 24.5 Å². The molecule has 0 aliphatic rings. The first-order chi connectivity index (χ1) is 11.6. The van der Waals surface area contributed by atoms with Gasteiger partial charge in [0.2, 0.25) is 5.76 Å². The number of carbonyl (C=O) groups excluding carboxylic acids is 2. The summed E-state index contributed by atoms with van der Waals surface area (Å²) in [5.41, 5.74) is 6.23. The molecule has 2 heterocycles. The van der Waals surface area contributed by atoms with E-state index in [1.807, 2.05) is 18.2 Å². The average Bonchev–Trinajstić information content (AvgIpc) is 2.97. The number of nitrogens with two attached hydrogens (primary N) is 1. The van der Waals surface area contributed by atoms with Crippen LogP contribution in [0.4, 0.5) is 0 Å². The summed E-state index contributed by atoms with van der Waals surface area (Å²) in [7, 11) is 0. The number of furan rings is 1. The molecular weight excluding hydrogens is 330 g/mol. The molecule has 0 radical (unpaired) electrons. The lowest BCUT2D eigenvalue weighted by Crippen LogP contribution is -2.21. The summed E-state index contributed by atoms with van der Waals surface area (Å²) in [5, 5.41) is 1.38. The molecule has 1 amide bonds. The Morgan fingerprint density at radius 1 is 1.17 bits per heavy atom. The number of primary amides is 1. The van der Waals surface area contributed by atoms with Crippen LogP contribution in [0.3, 0.4) is 0 Å². The van der Waals surface area contributed by atoms with Crippen LogP contribution in [0.25, 0.3) is 11.0 Å². The minimum Gasteiger partial charge on any atom is -0.450 e. The van der Waals surface area contributed by atoms with Crippen LogP contribution in [0.2, 0.25) is 0 Å². The predicted octanol–water partition coefficient (Wildman–Crippen LogP) is 2.16. The summed E-state index contributed by atoms with van der Waals surface area (Å²) in [6.07, 6.45) is 3.29. The summed E-state index contributed by atoms with van der Waals surface area (Å²) < 4.78 is 10.5. The lowest BCUT2D eigenvalue weighted by Gasteiger charge is -2.03. The lowest BCUT2D eigenvalue weighted by molar-refractivity contribution is -0.121. The van der Waals surface area contributed by atoms with Crippen molar-refractivity contribution in [2.75, 3.05) is 6.61 Å². The van der Waals surface area contributed by atoms with E-state index in [0.29, 0.717) is 22.1 Å². The maximum Gasteiger partial charge on any atom is 0.375 e. The molecule has 122 valence electrons. The Balaban J connectivity index is 1.90. The zero-order valence-electron chi connectivity index (χ0n) is 12.5. The standard InChI is InChI=1S/C16H13N3O4S/c17-13(20)8-22-15(21)14-11(9-24-16-18-6-3-7-19-16)10-4-1-2-5-12(10)23-14/h1-7H,8-9H2,(H2,17,20). The fraction of sp³-hybridized carbons (Fsp3) is 0.125. The van der Waals surface area contributed by atoms with Gasteiger partial charge in [0.05, 0.1) is 0 Å². The largest absolute Gasteiger partial charge is 0.450 e. The third-order valence-corrected chi connectivity index (χ3v) is 4.02. The van der Waals surface area contributed by atoms with Gasteiger partial charge in [-0.3, -0.25) is 4.79 Å². The second-order valence-electron chi connectivity index (χ2n) is 4.77. The van der Waals surface area contributed by atoms with Gasteiger partial charge in [-0.05, 0) is 12.1 Å². The highest BCUT2D eigenvalue weighted by atomic mass is 32.2. The Kier molecular flexibility index (Phi) is 4.76. The van der Waals surface area contributed by atoms with E-state index in [1.165, 1.54) is 11.8 Å². The smallest absolute Gasteiger partial charge is 0.375 e. The Hall–Kier alpha value is -2.87. The van der Waals surface area contributed by atoms with Gasteiger partial charge >= 0.3 is 5.97 Å². The first-order valence-electron chi connectivity index (χ1n) is 7.01. The van der Waals surface area contributed by atoms with Crippen molar-refractivity contribution in [1.82, 2.24) is 9.97 Å². The van der Waals surface area contributed by atoms with Crippen LogP contribution >= 0.6 is 11.8 Å². The van der Waals surface area contributed by atoms with Gasteiger partial charge in [-0.15, -0.1) is 0 Å². The summed E-state index contributed by atoms with van der Waals surface area (Å²) in [6, 6.07) is 8.99. The molecule has 0 aliphatic heterocycles. The van der Waals surface area contributed by atoms with E-state index in [-0.39, 0.29) is 5.76 Å². The van der Waals surface area contributed by atoms with Gasteiger partial charge < -0.3 is 14.9 Å². The maximum absolute atomic E-state index is 12.2. The number of fused-ring (bicyclic) bond motifs is 1.